The van der Waals surface area contributed by atoms with Crippen molar-refractivity contribution in [2.24, 2.45) is 5.10 Å². The summed E-state index contributed by atoms with van der Waals surface area (Å²) in [5, 5.41) is 6.30. The van der Waals surface area contributed by atoms with Gasteiger partial charge in [-0.05, 0) is 50.0 Å². The normalized spacial score (nSPS) is 11.0. The molecule has 0 radical (unpaired) electrons. The van der Waals surface area contributed by atoms with Gasteiger partial charge in [0.15, 0.2) is 0 Å². The van der Waals surface area contributed by atoms with Crippen molar-refractivity contribution in [3.05, 3.63) is 76.3 Å². The van der Waals surface area contributed by atoms with E-state index in [1.807, 2.05) is 79.7 Å². The van der Waals surface area contributed by atoms with Crippen LogP contribution in [0.15, 0.2) is 70.2 Å². The molecule has 3 aromatic carbocycles. The lowest BCUT2D eigenvalue weighted by atomic mass is 10.0. The number of benzene rings is 3. The second-order valence-corrected chi connectivity index (χ2v) is 7.07. The lowest BCUT2D eigenvalue weighted by molar-refractivity contribution is -0.120. The summed E-state index contributed by atoms with van der Waals surface area (Å²) in [4.78, 5) is 14.2. The highest BCUT2D eigenvalue weighted by atomic mass is 79.9. The van der Waals surface area contributed by atoms with Crippen molar-refractivity contribution < 1.29 is 4.79 Å². The molecule has 0 saturated carbocycles. The van der Waals surface area contributed by atoms with Crippen molar-refractivity contribution in [2.75, 3.05) is 19.0 Å². The Morgan fingerprint density at radius 1 is 1.12 bits per heavy atom. The van der Waals surface area contributed by atoms with Crippen LogP contribution in [0.1, 0.15) is 11.1 Å². The first-order valence-electron chi connectivity index (χ1n) is 8.30. The quantitative estimate of drug-likeness (QED) is 0.502. The Kier molecular flexibility index (Phi) is 5.68. The van der Waals surface area contributed by atoms with Gasteiger partial charge in [0.05, 0.1) is 18.3 Å². The van der Waals surface area contributed by atoms with Crippen LogP contribution in [0, 0.1) is 0 Å². The molecule has 0 aliphatic rings. The topological polar surface area (TPSA) is 44.7 Å². The maximum atomic E-state index is 12.2. The van der Waals surface area contributed by atoms with Gasteiger partial charge in [0, 0.05) is 18.6 Å². The summed E-state index contributed by atoms with van der Waals surface area (Å²) in [5.41, 5.74) is 5.60. The molecule has 26 heavy (non-hydrogen) atoms. The Balaban J connectivity index is 1.65. The number of halogens is 1. The molecule has 0 fully saturated rings. The smallest absolute Gasteiger partial charge is 0.244 e. The van der Waals surface area contributed by atoms with E-state index in [4.69, 9.17) is 0 Å². The minimum Gasteiger partial charge on any atom is -0.377 e. The van der Waals surface area contributed by atoms with Crippen molar-refractivity contribution in [2.45, 2.75) is 6.42 Å². The molecule has 0 spiro atoms. The highest BCUT2D eigenvalue weighted by Crippen LogP contribution is 2.25. The maximum absolute atomic E-state index is 12.2. The summed E-state index contributed by atoms with van der Waals surface area (Å²) in [7, 11) is 3.97. The first-order chi connectivity index (χ1) is 12.5. The highest BCUT2D eigenvalue weighted by molar-refractivity contribution is 9.10. The fourth-order valence-electron chi connectivity index (χ4n) is 2.80. The van der Waals surface area contributed by atoms with Gasteiger partial charge < -0.3 is 4.90 Å². The number of amides is 1. The monoisotopic (exact) mass is 409 g/mol. The summed E-state index contributed by atoms with van der Waals surface area (Å²) in [6.07, 6.45) is 1.94. The van der Waals surface area contributed by atoms with Gasteiger partial charge >= 0.3 is 0 Å². The van der Waals surface area contributed by atoms with Crippen molar-refractivity contribution in [3.8, 4) is 0 Å². The van der Waals surface area contributed by atoms with E-state index in [2.05, 4.69) is 26.5 Å². The lowest BCUT2D eigenvalue weighted by Crippen LogP contribution is -2.19. The lowest BCUT2D eigenvalue weighted by Gasteiger charge is -2.14. The SMILES string of the molecule is CN(C)c1ccc(/C=N\NC(=O)Cc2cccc3ccccc23)cc1Br. The van der Waals surface area contributed by atoms with Crippen LogP contribution < -0.4 is 10.3 Å². The van der Waals surface area contributed by atoms with E-state index in [0.29, 0.717) is 6.42 Å². The van der Waals surface area contributed by atoms with Gasteiger partial charge in [-0.1, -0.05) is 48.5 Å². The molecule has 0 aromatic heterocycles. The molecule has 3 aromatic rings. The molecule has 0 heterocycles. The second-order valence-electron chi connectivity index (χ2n) is 6.21. The van der Waals surface area contributed by atoms with Gasteiger partial charge in [-0.15, -0.1) is 0 Å². The number of hydrazone groups is 1. The van der Waals surface area contributed by atoms with Gasteiger partial charge in [-0.25, -0.2) is 5.43 Å². The molecular formula is C21H20BrN3O. The molecule has 0 atom stereocenters. The van der Waals surface area contributed by atoms with Crippen molar-refractivity contribution in [1.29, 1.82) is 0 Å². The first-order valence-corrected chi connectivity index (χ1v) is 9.09. The number of fused-ring (bicyclic) bond motifs is 1. The average molecular weight is 410 g/mol. The molecule has 0 aliphatic heterocycles. The molecule has 5 heteroatoms. The van der Waals surface area contributed by atoms with Crippen molar-refractivity contribution in [3.63, 3.8) is 0 Å². The van der Waals surface area contributed by atoms with E-state index < -0.39 is 0 Å². The number of hydrogen-bond donors (Lipinski definition) is 1. The Hall–Kier alpha value is -2.66. The number of hydrogen-bond acceptors (Lipinski definition) is 3. The highest BCUT2D eigenvalue weighted by Gasteiger charge is 2.06. The van der Waals surface area contributed by atoms with Crippen LogP contribution in [0.25, 0.3) is 10.8 Å². The Morgan fingerprint density at radius 3 is 2.65 bits per heavy atom. The Bertz CT molecular complexity index is 961. The zero-order valence-corrected chi connectivity index (χ0v) is 16.3. The van der Waals surface area contributed by atoms with E-state index in [1.165, 1.54) is 0 Å². The predicted octanol–water partition coefficient (Wildman–Crippen LogP) is 4.36. The largest absolute Gasteiger partial charge is 0.377 e. The molecular weight excluding hydrogens is 390 g/mol. The van der Waals surface area contributed by atoms with Gasteiger partial charge in [0.1, 0.15) is 0 Å². The first kappa shape index (κ1) is 18.1. The number of carbonyl (C=O) groups is 1. The third kappa shape index (κ3) is 4.29. The van der Waals surface area contributed by atoms with E-state index in [9.17, 15) is 4.79 Å². The second kappa shape index (κ2) is 8.15. The number of anilines is 1. The van der Waals surface area contributed by atoms with E-state index >= 15 is 0 Å². The van der Waals surface area contributed by atoms with E-state index in [0.717, 1.165) is 32.1 Å². The van der Waals surface area contributed by atoms with Crippen LogP contribution >= 0.6 is 15.9 Å². The summed E-state index contributed by atoms with van der Waals surface area (Å²) in [6.45, 7) is 0. The average Bonchev–Trinajstić information content (AvgIpc) is 2.62. The molecule has 4 nitrogen and oxygen atoms in total. The van der Waals surface area contributed by atoms with Gasteiger partial charge in [0.2, 0.25) is 5.91 Å². The summed E-state index contributed by atoms with van der Waals surface area (Å²) in [5.74, 6) is -0.137. The summed E-state index contributed by atoms with van der Waals surface area (Å²) in [6, 6.07) is 20.0. The maximum Gasteiger partial charge on any atom is 0.244 e. The van der Waals surface area contributed by atoms with Crippen LogP contribution in [-0.2, 0) is 11.2 Å². The molecule has 3 rings (SSSR count). The Labute approximate surface area is 161 Å². The van der Waals surface area contributed by atoms with Crippen molar-refractivity contribution >= 4 is 44.5 Å². The molecule has 1 amide bonds. The molecule has 0 aliphatic carbocycles. The standard InChI is InChI=1S/C21H20BrN3O/c1-25(2)20-11-10-15(12-19(20)22)14-23-24-21(26)13-17-8-5-7-16-6-3-4-9-18(16)17/h3-12,14H,13H2,1-2H3,(H,24,26)/b23-14-. The fraction of sp³-hybridized carbons (Fsp3) is 0.143. The molecule has 0 saturated heterocycles. The molecule has 0 unspecified atom stereocenters. The zero-order valence-electron chi connectivity index (χ0n) is 14.7. The van der Waals surface area contributed by atoms with Gasteiger partial charge in [-0.2, -0.15) is 5.10 Å². The number of nitrogens with one attached hydrogen (secondary N) is 1. The van der Waals surface area contributed by atoms with Gasteiger partial charge in [-0.3, -0.25) is 4.79 Å². The van der Waals surface area contributed by atoms with Crippen LogP contribution in [0.5, 0.6) is 0 Å². The van der Waals surface area contributed by atoms with Crippen molar-refractivity contribution in [1.82, 2.24) is 5.43 Å². The van der Waals surface area contributed by atoms with Crippen LogP contribution in [0.4, 0.5) is 5.69 Å². The Morgan fingerprint density at radius 2 is 1.88 bits per heavy atom. The number of rotatable bonds is 5. The van der Waals surface area contributed by atoms with E-state index in [-0.39, 0.29) is 5.91 Å². The minimum absolute atomic E-state index is 0.137. The zero-order chi connectivity index (χ0) is 18.5. The number of nitrogens with zero attached hydrogens (tertiary/aromatic N) is 2. The summed E-state index contributed by atoms with van der Waals surface area (Å²) >= 11 is 3.55. The third-order valence-electron chi connectivity index (χ3n) is 4.09. The van der Waals surface area contributed by atoms with Crippen LogP contribution in [0.2, 0.25) is 0 Å². The summed E-state index contributed by atoms with van der Waals surface area (Å²) < 4.78 is 0.980. The van der Waals surface area contributed by atoms with Crippen LogP contribution in [0.3, 0.4) is 0 Å². The third-order valence-corrected chi connectivity index (χ3v) is 4.72. The predicted molar refractivity (Wildman–Crippen MR) is 112 cm³/mol. The number of carbonyl (C=O) groups excluding carboxylic acids is 1. The minimum atomic E-state index is -0.137. The molecule has 0 bridgehead atoms. The fourth-order valence-corrected chi connectivity index (χ4v) is 3.56. The molecule has 132 valence electrons. The molecule has 1 N–H and O–H groups in total. The van der Waals surface area contributed by atoms with E-state index in [1.54, 1.807) is 6.21 Å². The van der Waals surface area contributed by atoms with Crippen LogP contribution in [-0.4, -0.2) is 26.2 Å². The van der Waals surface area contributed by atoms with Gasteiger partial charge in [0.25, 0.3) is 0 Å².